The minimum Gasteiger partial charge on any atom is -0.394 e. The molecule has 1 unspecified atom stereocenters. The largest absolute Gasteiger partial charge is 0.394 e. The Balaban J connectivity index is 2.01. The highest BCUT2D eigenvalue weighted by molar-refractivity contribution is 7.99. The Kier molecular flexibility index (Phi) is 4.65. The zero-order valence-corrected chi connectivity index (χ0v) is 11.5. The van der Waals surface area contributed by atoms with E-state index in [-0.39, 0.29) is 18.0 Å². The molecule has 1 aliphatic rings. The zero-order valence-electron chi connectivity index (χ0n) is 10.7. The smallest absolute Gasteiger partial charge is 0.124 e. The van der Waals surface area contributed by atoms with E-state index >= 15 is 0 Å². The Hall–Kier alpha value is -0.580. The van der Waals surface area contributed by atoms with E-state index in [9.17, 15) is 9.50 Å². The van der Waals surface area contributed by atoms with E-state index < -0.39 is 0 Å². The predicted octanol–water partition coefficient (Wildman–Crippen LogP) is 2.67. The molecule has 0 heterocycles. The minimum absolute atomic E-state index is 0.147. The number of aliphatic hydroxyl groups excluding tert-OH is 1. The van der Waals surface area contributed by atoms with Gasteiger partial charge in [0.2, 0.25) is 0 Å². The molecule has 1 aliphatic carbocycles. The van der Waals surface area contributed by atoms with Crippen LogP contribution >= 0.6 is 11.8 Å². The highest BCUT2D eigenvalue weighted by Crippen LogP contribution is 2.42. The summed E-state index contributed by atoms with van der Waals surface area (Å²) in [4.78, 5) is 0.923. The third-order valence-corrected chi connectivity index (χ3v) is 4.71. The van der Waals surface area contributed by atoms with Crippen LogP contribution in [0.4, 0.5) is 4.39 Å². The molecule has 1 aromatic rings. The van der Waals surface area contributed by atoms with Crippen LogP contribution in [-0.4, -0.2) is 29.5 Å². The Bertz CT molecular complexity index is 397. The van der Waals surface area contributed by atoms with E-state index in [1.807, 2.05) is 6.07 Å². The topological polar surface area (TPSA) is 32.3 Å². The van der Waals surface area contributed by atoms with Crippen molar-refractivity contribution in [1.82, 2.24) is 5.32 Å². The number of hydrogen-bond donors (Lipinski definition) is 2. The molecule has 100 valence electrons. The SMILES string of the molecule is CCNC(CO)(CSc1cccc(F)c1)C1CC1. The van der Waals surface area contributed by atoms with Crippen LogP contribution in [0.15, 0.2) is 29.2 Å². The molecule has 2 nitrogen and oxygen atoms in total. The summed E-state index contributed by atoms with van der Waals surface area (Å²) >= 11 is 1.61. The van der Waals surface area contributed by atoms with Gasteiger partial charge in [0, 0.05) is 10.6 Å². The van der Waals surface area contributed by atoms with Crippen LogP contribution in [0.2, 0.25) is 0 Å². The molecular formula is C14H20FNOS. The molecule has 2 rings (SSSR count). The summed E-state index contributed by atoms with van der Waals surface area (Å²) in [7, 11) is 0. The maximum atomic E-state index is 13.1. The molecule has 1 atom stereocenters. The van der Waals surface area contributed by atoms with Crippen LogP contribution in [0.3, 0.4) is 0 Å². The molecule has 0 aliphatic heterocycles. The van der Waals surface area contributed by atoms with Crippen molar-refractivity contribution in [2.75, 3.05) is 18.9 Å². The number of thioether (sulfide) groups is 1. The van der Waals surface area contributed by atoms with Gasteiger partial charge in [-0.25, -0.2) is 4.39 Å². The standard InChI is InChI=1S/C14H20FNOS/c1-2-16-14(9-17,11-6-7-11)10-18-13-5-3-4-12(15)8-13/h3-5,8,11,16-17H,2,6-7,9-10H2,1H3. The molecule has 0 spiro atoms. The summed E-state index contributed by atoms with van der Waals surface area (Å²) < 4.78 is 13.1. The van der Waals surface area contributed by atoms with Gasteiger partial charge in [0.1, 0.15) is 5.82 Å². The number of benzene rings is 1. The first-order chi connectivity index (χ1) is 8.70. The van der Waals surface area contributed by atoms with Gasteiger partial charge < -0.3 is 10.4 Å². The van der Waals surface area contributed by atoms with Gasteiger partial charge in [-0.3, -0.25) is 0 Å². The lowest BCUT2D eigenvalue weighted by molar-refractivity contribution is 0.161. The number of hydrogen-bond acceptors (Lipinski definition) is 3. The Morgan fingerprint density at radius 3 is 2.83 bits per heavy atom. The molecule has 0 bridgehead atoms. The van der Waals surface area contributed by atoms with E-state index in [1.165, 1.54) is 18.9 Å². The summed E-state index contributed by atoms with van der Waals surface area (Å²) in [5, 5.41) is 13.1. The highest BCUT2D eigenvalue weighted by Gasteiger charge is 2.44. The van der Waals surface area contributed by atoms with Crippen molar-refractivity contribution in [3.8, 4) is 0 Å². The number of aliphatic hydroxyl groups is 1. The molecular weight excluding hydrogens is 249 g/mol. The van der Waals surface area contributed by atoms with Gasteiger partial charge in [0.05, 0.1) is 12.1 Å². The first-order valence-corrected chi connectivity index (χ1v) is 7.43. The van der Waals surface area contributed by atoms with Crippen LogP contribution in [0.5, 0.6) is 0 Å². The fraction of sp³-hybridized carbons (Fsp3) is 0.571. The van der Waals surface area contributed by atoms with Gasteiger partial charge in [-0.2, -0.15) is 0 Å². The molecule has 4 heteroatoms. The number of likely N-dealkylation sites (N-methyl/N-ethyl adjacent to an activating group) is 1. The molecule has 0 saturated heterocycles. The second-order valence-corrected chi connectivity index (χ2v) is 5.91. The zero-order chi connectivity index (χ0) is 13.0. The molecule has 1 fully saturated rings. The third-order valence-electron chi connectivity index (χ3n) is 3.46. The van der Waals surface area contributed by atoms with E-state index in [4.69, 9.17) is 0 Å². The highest BCUT2D eigenvalue weighted by atomic mass is 32.2. The molecule has 2 N–H and O–H groups in total. The number of rotatable bonds is 7. The molecule has 18 heavy (non-hydrogen) atoms. The lowest BCUT2D eigenvalue weighted by Gasteiger charge is -2.33. The van der Waals surface area contributed by atoms with Crippen LogP contribution < -0.4 is 5.32 Å². The fourth-order valence-electron chi connectivity index (χ4n) is 2.30. The first kappa shape index (κ1) is 13.8. The van der Waals surface area contributed by atoms with Crippen molar-refractivity contribution in [3.63, 3.8) is 0 Å². The normalized spacial score (nSPS) is 18.6. The average molecular weight is 269 g/mol. The van der Waals surface area contributed by atoms with E-state index in [0.717, 1.165) is 17.2 Å². The van der Waals surface area contributed by atoms with Crippen LogP contribution in [0.25, 0.3) is 0 Å². The molecule has 1 aromatic carbocycles. The van der Waals surface area contributed by atoms with E-state index in [1.54, 1.807) is 23.9 Å². The van der Waals surface area contributed by atoms with Crippen molar-refractivity contribution in [2.24, 2.45) is 5.92 Å². The Morgan fingerprint density at radius 2 is 2.28 bits per heavy atom. The van der Waals surface area contributed by atoms with Crippen molar-refractivity contribution in [1.29, 1.82) is 0 Å². The Morgan fingerprint density at radius 1 is 1.50 bits per heavy atom. The summed E-state index contributed by atoms with van der Waals surface area (Å²) in [5.74, 6) is 1.14. The monoisotopic (exact) mass is 269 g/mol. The number of halogens is 1. The second kappa shape index (κ2) is 6.04. The number of nitrogens with one attached hydrogen (secondary N) is 1. The lowest BCUT2D eigenvalue weighted by atomic mass is 9.97. The van der Waals surface area contributed by atoms with E-state index in [2.05, 4.69) is 12.2 Å². The first-order valence-electron chi connectivity index (χ1n) is 6.44. The average Bonchev–Trinajstić information content (AvgIpc) is 3.19. The molecule has 0 amide bonds. The second-order valence-electron chi connectivity index (χ2n) is 4.86. The quantitative estimate of drug-likeness (QED) is 0.746. The molecule has 0 aromatic heterocycles. The molecule has 0 radical (unpaired) electrons. The summed E-state index contributed by atoms with van der Waals surface area (Å²) in [6, 6.07) is 6.64. The van der Waals surface area contributed by atoms with Crippen molar-refractivity contribution in [3.05, 3.63) is 30.1 Å². The maximum absolute atomic E-state index is 13.1. The molecule has 1 saturated carbocycles. The van der Waals surface area contributed by atoms with Gasteiger partial charge in [0.25, 0.3) is 0 Å². The Labute approximate surface area is 112 Å². The van der Waals surface area contributed by atoms with Crippen LogP contribution in [-0.2, 0) is 0 Å². The van der Waals surface area contributed by atoms with Crippen LogP contribution in [0, 0.1) is 11.7 Å². The van der Waals surface area contributed by atoms with Crippen molar-refractivity contribution >= 4 is 11.8 Å². The van der Waals surface area contributed by atoms with Crippen molar-refractivity contribution < 1.29 is 9.50 Å². The minimum atomic E-state index is -0.204. The van der Waals surface area contributed by atoms with Crippen molar-refractivity contribution in [2.45, 2.75) is 30.2 Å². The van der Waals surface area contributed by atoms with Crippen LogP contribution in [0.1, 0.15) is 19.8 Å². The van der Waals surface area contributed by atoms with Gasteiger partial charge in [-0.15, -0.1) is 11.8 Å². The predicted molar refractivity (Wildman–Crippen MR) is 73.3 cm³/mol. The van der Waals surface area contributed by atoms with Gasteiger partial charge in [-0.05, 0) is 43.5 Å². The fourth-order valence-corrected chi connectivity index (χ4v) is 3.52. The summed E-state index contributed by atoms with van der Waals surface area (Å²) in [6.07, 6.45) is 2.36. The van der Waals surface area contributed by atoms with Gasteiger partial charge in [0.15, 0.2) is 0 Å². The van der Waals surface area contributed by atoms with E-state index in [0.29, 0.717) is 5.92 Å². The summed E-state index contributed by atoms with van der Waals surface area (Å²) in [5.41, 5.74) is -0.203. The van der Waals surface area contributed by atoms with Gasteiger partial charge in [-0.1, -0.05) is 13.0 Å². The summed E-state index contributed by atoms with van der Waals surface area (Å²) in [6.45, 7) is 3.05. The lowest BCUT2D eigenvalue weighted by Crippen LogP contribution is -2.52. The third kappa shape index (κ3) is 3.25. The van der Waals surface area contributed by atoms with Gasteiger partial charge >= 0.3 is 0 Å². The maximum Gasteiger partial charge on any atom is 0.124 e.